The molecule has 1 aliphatic rings. The number of aromatic nitrogens is 1. The van der Waals surface area contributed by atoms with Gasteiger partial charge < -0.3 is 4.42 Å². The SMILES string of the molecule is C1=CC(Cc2ccccc2)C(c2nc(-c3ccccc3)c(-c3ccccc3)o2)CC1. The molecule has 0 saturated carbocycles. The van der Waals surface area contributed by atoms with Crippen LogP contribution in [0.1, 0.15) is 30.2 Å². The van der Waals surface area contributed by atoms with Gasteiger partial charge in [0, 0.05) is 17.0 Å². The molecule has 0 fully saturated rings. The van der Waals surface area contributed by atoms with Gasteiger partial charge in [0.2, 0.25) is 0 Å². The summed E-state index contributed by atoms with van der Waals surface area (Å²) >= 11 is 0. The number of hydrogen-bond acceptors (Lipinski definition) is 2. The Kier molecular flexibility index (Phi) is 5.30. The van der Waals surface area contributed by atoms with Crippen LogP contribution in [0.2, 0.25) is 0 Å². The molecule has 0 spiro atoms. The molecular weight excluding hydrogens is 366 g/mol. The van der Waals surface area contributed by atoms with Crippen LogP contribution in [0.15, 0.2) is 108 Å². The molecule has 1 aromatic heterocycles. The molecular formula is C28H25NO. The predicted molar refractivity (Wildman–Crippen MR) is 122 cm³/mol. The molecule has 0 radical (unpaired) electrons. The van der Waals surface area contributed by atoms with Crippen LogP contribution in [0.3, 0.4) is 0 Å². The van der Waals surface area contributed by atoms with Crippen molar-refractivity contribution < 1.29 is 4.42 Å². The summed E-state index contributed by atoms with van der Waals surface area (Å²) < 4.78 is 6.52. The molecule has 1 heterocycles. The van der Waals surface area contributed by atoms with Crippen molar-refractivity contribution in [3.8, 4) is 22.6 Å². The lowest BCUT2D eigenvalue weighted by Gasteiger charge is -2.25. The summed E-state index contributed by atoms with van der Waals surface area (Å²) in [4.78, 5) is 5.07. The van der Waals surface area contributed by atoms with E-state index in [1.54, 1.807) is 0 Å². The molecule has 2 heteroatoms. The summed E-state index contributed by atoms with van der Waals surface area (Å²) in [6, 6.07) is 31.4. The van der Waals surface area contributed by atoms with Crippen molar-refractivity contribution in [2.45, 2.75) is 25.2 Å². The van der Waals surface area contributed by atoms with E-state index in [0.29, 0.717) is 5.92 Å². The molecule has 4 aromatic rings. The zero-order chi connectivity index (χ0) is 20.2. The summed E-state index contributed by atoms with van der Waals surface area (Å²) in [6.07, 6.45) is 7.81. The summed E-state index contributed by atoms with van der Waals surface area (Å²) in [5.41, 5.74) is 4.46. The van der Waals surface area contributed by atoms with Crippen molar-refractivity contribution in [2.75, 3.05) is 0 Å². The van der Waals surface area contributed by atoms with Gasteiger partial charge in [-0.05, 0) is 30.7 Å². The predicted octanol–water partition coefficient (Wildman–Crippen LogP) is 7.30. The highest BCUT2D eigenvalue weighted by atomic mass is 16.4. The third-order valence-corrected chi connectivity index (χ3v) is 5.90. The van der Waals surface area contributed by atoms with E-state index in [-0.39, 0.29) is 5.92 Å². The number of rotatable bonds is 5. The van der Waals surface area contributed by atoms with Crippen LogP contribution in [0.4, 0.5) is 0 Å². The van der Waals surface area contributed by atoms with E-state index in [1.807, 2.05) is 24.3 Å². The van der Waals surface area contributed by atoms with E-state index in [2.05, 4.69) is 78.9 Å². The Morgan fingerprint density at radius 2 is 1.40 bits per heavy atom. The number of hydrogen-bond donors (Lipinski definition) is 0. The summed E-state index contributed by atoms with van der Waals surface area (Å²) in [5, 5.41) is 0. The monoisotopic (exact) mass is 391 g/mol. The second kappa shape index (κ2) is 8.54. The second-order valence-electron chi connectivity index (χ2n) is 7.93. The minimum atomic E-state index is 0.287. The second-order valence-corrected chi connectivity index (χ2v) is 7.93. The lowest BCUT2D eigenvalue weighted by molar-refractivity contribution is 0.365. The standard InChI is InChI=1S/C28H25NO/c1-4-12-21(13-5-1)20-24-18-10-11-19-25(24)28-29-26(22-14-6-2-7-15-22)27(30-28)23-16-8-3-9-17-23/h1-10,12-18,24-25H,11,19-20H2. The van der Waals surface area contributed by atoms with Crippen molar-refractivity contribution in [3.05, 3.63) is 115 Å². The van der Waals surface area contributed by atoms with Crippen molar-refractivity contribution in [1.82, 2.24) is 4.98 Å². The lowest BCUT2D eigenvalue weighted by atomic mass is 9.80. The quantitative estimate of drug-likeness (QED) is 0.334. The van der Waals surface area contributed by atoms with Crippen LogP contribution in [-0.2, 0) is 6.42 Å². The minimum absolute atomic E-state index is 0.287. The van der Waals surface area contributed by atoms with E-state index in [1.165, 1.54) is 5.56 Å². The zero-order valence-electron chi connectivity index (χ0n) is 16.9. The average molecular weight is 392 g/mol. The van der Waals surface area contributed by atoms with Crippen molar-refractivity contribution in [2.24, 2.45) is 5.92 Å². The largest absolute Gasteiger partial charge is 0.440 e. The molecule has 1 aliphatic carbocycles. The number of nitrogens with zero attached hydrogens (tertiary/aromatic N) is 1. The van der Waals surface area contributed by atoms with E-state index in [4.69, 9.17) is 9.40 Å². The van der Waals surface area contributed by atoms with E-state index < -0.39 is 0 Å². The first-order valence-corrected chi connectivity index (χ1v) is 10.7. The molecule has 5 rings (SSSR count). The Bertz CT molecular complexity index is 1060. The van der Waals surface area contributed by atoms with Crippen LogP contribution in [0.5, 0.6) is 0 Å². The zero-order valence-corrected chi connectivity index (χ0v) is 16.9. The molecule has 2 unspecified atom stereocenters. The molecule has 3 aromatic carbocycles. The van der Waals surface area contributed by atoms with Gasteiger partial charge in [-0.1, -0.05) is 103 Å². The van der Waals surface area contributed by atoms with Gasteiger partial charge in [-0.3, -0.25) is 0 Å². The smallest absolute Gasteiger partial charge is 0.199 e. The van der Waals surface area contributed by atoms with Gasteiger partial charge >= 0.3 is 0 Å². The first-order valence-electron chi connectivity index (χ1n) is 10.7. The summed E-state index contributed by atoms with van der Waals surface area (Å²) in [5.74, 6) is 2.41. The van der Waals surface area contributed by atoms with Gasteiger partial charge in [-0.25, -0.2) is 4.98 Å². The van der Waals surface area contributed by atoms with Crippen molar-refractivity contribution in [1.29, 1.82) is 0 Å². The van der Waals surface area contributed by atoms with Crippen LogP contribution in [0.25, 0.3) is 22.6 Å². The van der Waals surface area contributed by atoms with Gasteiger partial charge in [0.25, 0.3) is 0 Å². The molecule has 0 aliphatic heterocycles. The van der Waals surface area contributed by atoms with E-state index >= 15 is 0 Å². The highest BCUT2D eigenvalue weighted by Gasteiger charge is 2.29. The van der Waals surface area contributed by atoms with Crippen LogP contribution >= 0.6 is 0 Å². The average Bonchev–Trinajstić information content (AvgIpc) is 3.27. The first kappa shape index (κ1) is 18.6. The van der Waals surface area contributed by atoms with Gasteiger partial charge in [0.05, 0.1) is 0 Å². The Morgan fingerprint density at radius 3 is 2.10 bits per heavy atom. The Labute approximate surface area is 177 Å². The Hall–Kier alpha value is -3.39. The fourth-order valence-electron chi connectivity index (χ4n) is 4.37. The lowest BCUT2D eigenvalue weighted by Crippen LogP contribution is -2.17. The molecule has 30 heavy (non-hydrogen) atoms. The molecule has 0 bridgehead atoms. The maximum atomic E-state index is 6.52. The molecule has 148 valence electrons. The van der Waals surface area contributed by atoms with Gasteiger partial charge in [-0.15, -0.1) is 0 Å². The fraction of sp³-hybridized carbons (Fsp3) is 0.179. The minimum Gasteiger partial charge on any atom is -0.440 e. The molecule has 2 atom stereocenters. The van der Waals surface area contributed by atoms with Gasteiger partial charge in [0.15, 0.2) is 11.7 Å². The number of allylic oxidation sites excluding steroid dienone is 2. The van der Waals surface area contributed by atoms with Gasteiger partial charge in [0.1, 0.15) is 5.69 Å². The van der Waals surface area contributed by atoms with Crippen LogP contribution < -0.4 is 0 Å². The van der Waals surface area contributed by atoms with Crippen molar-refractivity contribution in [3.63, 3.8) is 0 Å². The highest BCUT2D eigenvalue weighted by molar-refractivity contribution is 5.76. The fourth-order valence-corrected chi connectivity index (χ4v) is 4.37. The third kappa shape index (κ3) is 3.86. The summed E-state index contributed by atoms with van der Waals surface area (Å²) in [7, 11) is 0. The molecule has 0 saturated heterocycles. The molecule has 2 nitrogen and oxygen atoms in total. The summed E-state index contributed by atoms with van der Waals surface area (Å²) in [6.45, 7) is 0. The van der Waals surface area contributed by atoms with Crippen LogP contribution in [0, 0.1) is 5.92 Å². The molecule has 0 amide bonds. The van der Waals surface area contributed by atoms with Crippen LogP contribution in [-0.4, -0.2) is 4.98 Å². The van der Waals surface area contributed by atoms with Crippen molar-refractivity contribution >= 4 is 0 Å². The third-order valence-electron chi connectivity index (χ3n) is 5.90. The Balaban J connectivity index is 1.55. The van der Waals surface area contributed by atoms with E-state index in [9.17, 15) is 0 Å². The maximum Gasteiger partial charge on any atom is 0.199 e. The maximum absolute atomic E-state index is 6.52. The normalized spacial score (nSPS) is 18.4. The first-order chi connectivity index (χ1) is 14.9. The van der Waals surface area contributed by atoms with Gasteiger partial charge in [-0.2, -0.15) is 0 Å². The molecule has 0 N–H and O–H groups in total. The topological polar surface area (TPSA) is 26.0 Å². The highest BCUT2D eigenvalue weighted by Crippen LogP contribution is 2.40. The van der Waals surface area contributed by atoms with E-state index in [0.717, 1.165) is 47.7 Å². The number of oxazole rings is 1. The number of benzene rings is 3. The Morgan fingerprint density at radius 1 is 0.767 bits per heavy atom.